The average molecular weight is 334 g/mol. The van der Waals surface area contributed by atoms with Crippen LogP contribution in [-0.4, -0.2) is 48.5 Å². The topological polar surface area (TPSA) is 85.2 Å². The van der Waals surface area contributed by atoms with Crippen LogP contribution in [0.1, 0.15) is 43.6 Å². The molecule has 0 unspecified atom stereocenters. The van der Waals surface area contributed by atoms with Crippen LogP contribution in [0.25, 0.3) is 6.08 Å². The number of phenolic OH excluding ortho intramolecular Hbond substituents is 1. The van der Waals surface area contributed by atoms with Crippen molar-refractivity contribution >= 4 is 19.5 Å². The number of aromatic hydroxyl groups is 1. The average Bonchev–Trinajstić information content (AvgIpc) is 2.73. The fourth-order valence-electron chi connectivity index (χ4n) is 2.38. The molecule has 0 bridgehead atoms. The fraction of sp³-hybridized carbons (Fsp3) is 0.471. The van der Waals surface area contributed by atoms with Crippen LogP contribution in [0.3, 0.4) is 0 Å². The third-order valence-electron chi connectivity index (χ3n) is 4.56. The van der Waals surface area contributed by atoms with Crippen molar-refractivity contribution in [2.24, 2.45) is 0 Å². The molecule has 6 nitrogen and oxygen atoms in total. The Hall–Kier alpha value is -1.83. The summed E-state index contributed by atoms with van der Waals surface area (Å²) in [6, 6.07) is 3.08. The second kappa shape index (κ2) is 6.59. The molecular weight excluding hydrogens is 311 g/mol. The number of methoxy groups -OCH3 is 1. The van der Waals surface area contributed by atoms with Gasteiger partial charge in [0, 0.05) is 0 Å². The number of aliphatic hydroxyl groups is 1. The first-order chi connectivity index (χ1) is 11.1. The van der Waals surface area contributed by atoms with Gasteiger partial charge in [-0.05, 0) is 50.9 Å². The predicted octanol–water partition coefficient (Wildman–Crippen LogP) is 2.22. The standard InChI is InChI=1S/C17H23BO6/c1-16(2)17(3,4)24-18(23-16)13(10-20)7-11-6-12(9-19)15(21)14(8-11)22-5/h6-9,20-21H,10H2,1-5H3. The molecule has 7 heteroatoms. The number of carbonyl (C=O) groups is 1. The number of hydrogen-bond donors (Lipinski definition) is 2. The first-order valence-corrected chi connectivity index (χ1v) is 7.68. The van der Waals surface area contributed by atoms with E-state index in [9.17, 15) is 15.0 Å². The van der Waals surface area contributed by atoms with Crippen LogP contribution in [0.4, 0.5) is 0 Å². The minimum Gasteiger partial charge on any atom is -0.504 e. The summed E-state index contributed by atoms with van der Waals surface area (Å²) in [5.74, 6) is -0.0390. The number of carbonyl (C=O) groups excluding carboxylic acids is 1. The van der Waals surface area contributed by atoms with E-state index in [1.54, 1.807) is 12.1 Å². The summed E-state index contributed by atoms with van der Waals surface area (Å²) in [7, 11) is 0.706. The Morgan fingerprint density at radius 1 is 1.25 bits per heavy atom. The van der Waals surface area contributed by atoms with Crippen molar-refractivity contribution in [2.75, 3.05) is 13.7 Å². The van der Waals surface area contributed by atoms with Gasteiger partial charge in [0.25, 0.3) is 0 Å². The molecule has 0 spiro atoms. The van der Waals surface area contributed by atoms with Crippen molar-refractivity contribution in [1.29, 1.82) is 0 Å². The lowest BCUT2D eigenvalue weighted by Gasteiger charge is -2.32. The summed E-state index contributed by atoms with van der Waals surface area (Å²) >= 11 is 0. The Bertz CT molecular complexity index is 649. The first kappa shape index (κ1) is 18.5. The molecule has 2 rings (SSSR count). The molecule has 2 N–H and O–H groups in total. The third-order valence-corrected chi connectivity index (χ3v) is 4.56. The van der Waals surface area contributed by atoms with Gasteiger partial charge >= 0.3 is 7.12 Å². The van der Waals surface area contributed by atoms with Gasteiger partial charge in [0.15, 0.2) is 17.8 Å². The Morgan fingerprint density at radius 2 is 1.83 bits per heavy atom. The monoisotopic (exact) mass is 334 g/mol. The van der Waals surface area contributed by atoms with Gasteiger partial charge in [-0.2, -0.15) is 0 Å². The number of hydrogen-bond acceptors (Lipinski definition) is 6. The number of benzene rings is 1. The van der Waals surface area contributed by atoms with Crippen LogP contribution in [0.5, 0.6) is 11.5 Å². The molecule has 24 heavy (non-hydrogen) atoms. The van der Waals surface area contributed by atoms with E-state index < -0.39 is 18.3 Å². The van der Waals surface area contributed by atoms with E-state index in [-0.39, 0.29) is 23.7 Å². The Labute approximate surface area is 142 Å². The second-order valence-electron chi connectivity index (χ2n) is 6.74. The highest BCUT2D eigenvalue weighted by Gasteiger charge is 2.52. The molecule has 0 aromatic heterocycles. The van der Waals surface area contributed by atoms with E-state index in [1.807, 2.05) is 27.7 Å². The minimum atomic E-state index is -0.695. The zero-order valence-electron chi connectivity index (χ0n) is 14.6. The molecule has 0 amide bonds. The van der Waals surface area contributed by atoms with Crippen LogP contribution < -0.4 is 4.74 Å². The van der Waals surface area contributed by atoms with Gasteiger partial charge in [-0.3, -0.25) is 4.79 Å². The normalized spacial score (nSPS) is 19.4. The molecule has 0 radical (unpaired) electrons. The van der Waals surface area contributed by atoms with E-state index >= 15 is 0 Å². The molecule has 1 aromatic rings. The maximum Gasteiger partial charge on any atom is 0.492 e. The summed E-state index contributed by atoms with van der Waals surface area (Å²) < 4.78 is 16.9. The summed E-state index contributed by atoms with van der Waals surface area (Å²) in [6.07, 6.45) is 2.21. The highest BCUT2D eigenvalue weighted by Crippen LogP contribution is 2.39. The Kier molecular flexibility index (Phi) is 5.08. The summed E-state index contributed by atoms with van der Waals surface area (Å²) in [5.41, 5.74) is 0.162. The minimum absolute atomic E-state index is 0.104. The molecule has 1 aliphatic heterocycles. The van der Waals surface area contributed by atoms with Crippen molar-refractivity contribution in [3.63, 3.8) is 0 Å². The molecule has 1 heterocycles. The number of rotatable bonds is 5. The van der Waals surface area contributed by atoms with E-state index in [0.29, 0.717) is 17.3 Å². The zero-order chi connectivity index (χ0) is 18.1. The van der Waals surface area contributed by atoms with Gasteiger partial charge in [0.05, 0.1) is 30.5 Å². The van der Waals surface area contributed by atoms with E-state index in [0.717, 1.165) is 0 Å². The lowest BCUT2D eigenvalue weighted by molar-refractivity contribution is 0.00578. The summed E-state index contributed by atoms with van der Waals surface area (Å²) in [6.45, 7) is 7.44. The molecule has 0 aliphatic carbocycles. The van der Waals surface area contributed by atoms with Gasteiger partial charge in [-0.25, -0.2) is 0 Å². The van der Waals surface area contributed by atoms with Gasteiger partial charge in [0.2, 0.25) is 0 Å². The zero-order valence-corrected chi connectivity index (χ0v) is 14.6. The van der Waals surface area contributed by atoms with Crippen LogP contribution in [0.2, 0.25) is 0 Å². The van der Waals surface area contributed by atoms with Crippen LogP contribution in [0.15, 0.2) is 17.6 Å². The molecule has 1 saturated heterocycles. The lowest BCUT2D eigenvalue weighted by Crippen LogP contribution is -2.41. The molecule has 1 fully saturated rings. The third kappa shape index (κ3) is 3.33. The predicted molar refractivity (Wildman–Crippen MR) is 91.2 cm³/mol. The molecule has 1 aliphatic rings. The van der Waals surface area contributed by atoms with Gasteiger partial charge in [-0.1, -0.05) is 6.08 Å². The Balaban J connectivity index is 2.40. The molecule has 1 aromatic carbocycles. The van der Waals surface area contributed by atoms with Crippen molar-refractivity contribution in [1.82, 2.24) is 0 Å². The highest BCUT2D eigenvalue weighted by molar-refractivity contribution is 6.55. The maximum atomic E-state index is 11.1. The van der Waals surface area contributed by atoms with E-state index in [1.165, 1.54) is 13.2 Å². The van der Waals surface area contributed by atoms with E-state index in [4.69, 9.17) is 14.0 Å². The Morgan fingerprint density at radius 3 is 2.29 bits per heavy atom. The molecular formula is C17H23BO6. The fourth-order valence-corrected chi connectivity index (χ4v) is 2.38. The van der Waals surface area contributed by atoms with E-state index in [2.05, 4.69) is 0 Å². The molecule has 0 saturated carbocycles. The lowest BCUT2D eigenvalue weighted by atomic mass is 9.77. The smallest absolute Gasteiger partial charge is 0.492 e. The number of aliphatic hydroxyl groups excluding tert-OH is 1. The second-order valence-corrected chi connectivity index (χ2v) is 6.74. The van der Waals surface area contributed by atoms with Gasteiger partial charge < -0.3 is 24.3 Å². The number of ether oxygens (including phenoxy) is 1. The maximum absolute atomic E-state index is 11.1. The summed E-state index contributed by atoms with van der Waals surface area (Å²) in [5, 5.41) is 19.6. The van der Waals surface area contributed by atoms with Crippen molar-refractivity contribution in [2.45, 2.75) is 38.9 Å². The largest absolute Gasteiger partial charge is 0.504 e. The highest BCUT2D eigenvalue weighted by atomic mass is 16.7. The van der Waals surface area contributed by atoms with Crippen molar-refractivity contribution in [3.05, 3.63) is 28.7 Å². The number of aldehydes is 1. The molecule has 0 atom stereocenters. The molecule has 130 valence electrons. The van der Waals surface area contributed by atoms with Crippen LogP contribution in [0, 0.1) is 0 Å². The van der Waals surface area contributed by atoms with Crippen molar-refractivity contribution in [3.8, 4) is 11.5 Å². The first-order valence-electron chi connectivity index (χ1n) is 7.68. The van der Waals surface area contributed by atoms with Crippen LogP contribution in [-0.2, 0) is 9.31 Å². The number of phenols is 1. The van der Waals surface area contributed by atoms with Crippen LogP contribution >= 0.6 is 0 Å². The SMILES string of the molecule is COc1cc(C=C(CO)B2OC(C)(C)C(C)(C)O2)cc(C=O)c1O. The quantitative estimate of drug-likeness (QED) is 0.634. The van der Waals surface area contributed by atoms with Gasteiger partial charge in [-0.15, -0.1) is 0 Å². The van der Waals surface area contributed by atoms with Crippen molar-refractivity contribution < 1.29 is 29.1 Å². The summed E-state index contributed by atoms with van der Waals surface area (Å²) in [4.78, 5) is 11.1. The van der Waals surface area contributed by atoms with Gasteiger partial charge in [0.1, 0.15) is 0 Å².